The summed E-state index contributed by atoms with van der Waals surface area (Å²) in [6.45, 7) is 4.44. The molecule has 17 heavy (non-hydrogen) atoms. The molecule has 0 atom stereocenters. The summed E-state index contributed by atoms with van der Waals surface area (Å²) in [5.41, 5.74) is 0. The first-order valence-corrected chi connectivity index (χ1v) is 5.75. The molecule has 92 valence electrons. The summed E-state index contributed by atoms with van der Waals surface area (Å²) in [5, 5.41) is 11.7. The average Bonchev–Trinajstić information content (AvgIpc) is 2.92. The molecule has 0 fully saturated rings. The Hall–Kier alpha value is -1.69. The van der Waals surface area contributed by atoms with E-state index in [0.717, 1.165) is 31.1 Å². The Labute approximate surface area is 100 Å². The Kier molecular flexibility index (Phi) is 3.87. The molecule has 0 saturated heterocycles. The molecule has 6 heteroatoms. The number of aryl methyl sites for hydroxylation is 1. The molecule has 0 amide bonds. The van der Waals surface area contributed by atoms with E-state index in [1.165, 1.54) is 0 Å². The van der Waals surface area contributed by atoms with E-state index in [1.807, 2.05) is 23.9 Å². The lowest BCUT2D eigenvalue weighted by molar-refractivity contribution is 0.275. The van der Waals surface area contributed by atoms with Crippen LogP contribution in [0, 0.1) is 0 Å². The molecule has 0 saturated carbocycles. The fraction of sp³-hybridized carbons (Fsp3) is 0.545. The average molecular weight is 235 g/mol. The van der Waals surface area contributed by atoms with Crippen LogP contribution < -0.4 is 0 Å². The Balaban J connectivity index is 1.93. The molecule has 2 aromatic heterocycles. The largest absolute Gasteiger partial charge is 0.468 e. The topological polar surface area (TPSA) is 60.0 Å². The fourth-order valence-corrected chi connectivity index (χ4v) is 1.69. The van der Waals surface area contributed by atoms with Crippen LogP contribution in [0.5, 0.6) is 0 Å². The van der Waals surface area contributed by atoms with Gasteiger partial charge in [0.05, 0.1) is 19.4 Å². The maximum Gasteiger partial charge on any atom is 0.165 e. The van der Waals surface area contributed by atoms with E-state index in [0.29, 0.717) is 6.54 Å². The summed E-state index contributed by atoms with van der Waals surface area (Å²) >= 11 is 0. The van der Waals surface area contributed by atoms with Gasteiger partial charge in [-0.3, -0.25) is 4.90 Å². The van der Waals surface area contributed by atoms with Crippen LogP contribution in [-0.4, -0.2) is 32.2 Å². The third-order valence-electron chi connectivity index (χ3n) is 2.46. The van der Waals surface area contributed by atoms with Crippen molar-refractivity contribution >= 4 is 0 Å². The van der Waals surface area contributed by atoms with Crippen LogP contribution in [0.1, 0.15) is 24.9 Å². The van der Waals surface area contributed by atoms with E-state index < -0.39 is 0 Å². The van der Waals surface area contributed by atoms with E-state index >= 15 is 0 Å². The summed E-state index contributed by atoms with van der Waals surface area (Å²) in [6.07, 6.45) is 2.71. The highest BCUT2D eigenvalue weighted by atomic mass is 16.3. The maximum atomic E-state index is 5.30. The first-order valence-electron chi connectivity index (χ1n) is 5.75. The summed E-state index contributed by atoms with van der Waals surface area (Å²) in [7, 11) is 2.02. The van der Waals surface area contributed by atoms with Crippen LogP contribution >= 0.6 is 0 Å². The number of tetrazole rings is 1. The van der Waals surface area contributed by atoms with E-state index in [9.17, 15) is 0 Å². The second kappa shape index (κ2) is 5.58. The minimum atomic E-state index is 0.716. The lowest BCUT2D eigenvalue weighted by atomic mass is 10.4. The molecule has 0 aromatic carbocycles. The van der Waals surface area contributed by atoms with Crippen LogP contribution in [0.25, 0.3) is 0 Å². The summed E-state index contributed by atoms with van der Waals surface area (Å²) < 4.78 is 7.15. The molecule has 0 bridgehead atoms. The SMILES string of the molecule is CCCn1nnnc1CN(C)Cc1ccco1. The number of hydrogen-bond donors (Lipinski definition) is 0. The number of hydrogen-bond acceptors (Lipinski definition) is 5. The van der Waals surface area contributed by atoms with Gasteiger partial charge in [0, 0.05) is 6.54 Å². The van der Waals surface area contributed by atoms with Gasteiger partial charge in [0.1, 0.15) is 5.76 Å². The second-order valence-corrected chi connectivity index (χ2v) is 4.07. The van der Waals surface area contributed by atoms with Gasteiger partial charge in [0.25, 0.3) is 0 Å². The Bertz CT molecular complexity index is 436. The van der Waals surface area contributed by atoms with E-state index in [1.54, 1.807) is 6.26 Å². The minimum absolute atomic E-state index is 0.716. The molecule has 2 rings (SSSR count). The predicted octanol–water partition coefficient (Wildman–Crippen LogP) is 1.31. The number of rotatable bonds is 6. The Morgan fingerprint density at radius 3 is 3.00 bits per heavy atom. The number of aromatic nitrogens is 4. The zero-order valence-corrected chi connectivity index (χ0v) is 10.2. The third kappa shape index (κ3) is 3.13. The normalized spacial score (nSPS) is 11.2. The van der Waals surface area contributed by atoms with E-state index in [4.69, 9.17) is 4.42 Å². The van der Waals surface area contributed by atoms with Crippen LogP contribution in [0.3, 0.4) is 0 Å². The number of nitrogens with zero attached hydrogens (tertiary/aromatic N) is 5. The highest BCUT2D eigenvalue weighted by molar-refractivity contribution is 4.98. The predicted molar refractivity (Wildman–Crippen MR) is 62.0 cm³/mol. The van der Waals surface area contributed by atoms with Gasteiger partial charge in [0.15, 0.2) is 5.82 Å². The van der Waals surface area contributed by atoms with Gasteiger partial charge in [-0.2, -0.15) is 0 Å². The zero-order chi connectivity index (χ0) is 12.1. The van der Waals surface area contributed by atoms with Gasteiger partial charge >= 0.3 is 0 Å². The van der Waals surface area contributed by atoms with Crippen molar-refractivity contribution in [2.24, 2.45) is 0 Å². The second-order valence-electron chi connectivity index (χ2n) is 4.07. The Morgan fingerprint density at radius 2 is 2.29 bits per heavy atom. The molecular formula is C11H17N5O. The molecule has 2 aromatic rings. The van der Waals surface area contributed by atoms with Crippen molar-refractivity contribution in [3.63, 3.8) is 0 Å². The van der Waals surface area contributed by atoms with Crippen molar-refractivity contribution in [2.45, 2.75) is 33.0 Å². The summed E-state index contributed by atoms with van der Waals surface area (Å²) in [4.78, 5) is 2.12. The summed E-state index contributed by atoms with van der Waals surface area (Å²) in [5.74, 6) is 1.84. The summed E-state index contributed by atoms with van der Waals surface area (Å²) in [6, 6.07) is 3.86. The first-order chi connectivity index (χ1) is 8.29. The molecule has 0 radical (unpaired) electrons. The number of furan rings is 1. The van der Waals surface area contributed by atoms with Gasteiger partial charge in [-0.05, 0) is 36.0 Å². The Morgan fingerprint density at radius 1 is 1.41 bits per heavy atom. The molecule has 0 spiro atoms. The smallest absolute Gasteiger partial charge is 0.165 e. The molecule has 0 aliphatic carbocycles. The van der Waals surface area contributed by atoms with Crippen LogP contribution in [-0.2, 0) is 19.6 Å². The molecule has 6 nitrogen and oxygen atoms in total. The van der Waals surface area contributed by atoms with Crippen molar-refractivity contribution in [2.75, 3.05) is 7.05 Å². The molecule has 0 aliphatic rings. The van der Waals surface area contributed by atoms with Crippen molar-refractivity contribution in [1.82, 2.24) is 25.1 Å². The van der Waals surface area contributed by atoms with Gasteiger partial charge in [-0.15, -0.1) is 5.10 Å². The first kappa shape index (κ1) is 11.8. The van der Waals surface area contributed by atoms with Crippen molar-refractivity contribution in [3.05, 3.63) is 30.0 Å². The van der Waals surface area contributed by atoms with Crippen LogP contribution in [0.4, 0.5) is 0 Å². The zero-order valence-electron chi connectivity index (χ0n) is 10.2. The molecule has 0 aliphatic heterocycles. The maximum absolute atomic E-state index is 5.30. The minimum Gasteiger partial charge on any atom is -0.468 e. The van der Waals surface area contributed by atoms with Crippen LogP contribution in [0.2, 0.25) is 0 Å². The standard InChI is InChI=1S/C11H17N5O/c1-3-6-16-11(12-13-14-16)9-15(2)8-10-5-4-7-17-10/h4-5,7H,3,6,8-9H2,1-2H3. The van der Waals surface area contributed by atoms with Gasteiger partial charge in [-0.1, -0.05) is 6.92 Å². The monoisotopic (exact) mass is 235 g/mol. The third-order valence-corrected chi connectivity index (χ3v) is 2.46. The molecular weight excluding hydrogens is 218 g/mol. The van der Waals surface area contributed by atoms with Crippen LogP contribution in [0.15, 0.2) is 22.8 Å². The van der Waals surface area contributed by atoms with E-state index in [-0.39, 0.29) is 0 Å². The van der Waals surface area contributed by atoms with Gasteiger partial charge in [-0.25, -0.2) is 4.68 Å². The quantitative estimate of drug-likeness (QED) is 0.755. The van der Waals surface area contributed by atoms with Gasteiger partial charge < -0.3 is 4.42 Å². The molecule has 2 heterocycles. The van der Waals surface area contributed by atoms with Crippen molar-refractivity contribution < 1.29 is 4.42 Å². The van der Waals surface area contributed by atoms with Gasteiger partial charge in [0.2, 0.25) is 0 Å². The fourth-order valence-electron chi connectivity index (χ4n) is 1.69. The lowest BCUT2D eigenvalue weighted by Crippen LogP contribution is -2.20. The molecule has 0 unspecified atom stereocenters. The highest BCUT2D eigenvalue weighted by Crippen LogP contribution is 2.06. The molecule has 0 N–H and O–H groups in total. The lowest BCUT2D eigenvalue weighted by Gasteiger charge is -2.14. The van der Waals surface area contributed by atoms with E-state index in [2.05, 4.69) is 27.3 Å². The van der Waals surface area contributed by atoms with Crippen molar-refractivity contribution in [3.8, 4) is 0 Å². The highest BCUT2D eigenvalue weighted by Gasteiger charge is 2.09. The van der Waals surface area contributed by atoms with Crippen molar-refractivity contribution in [1.29, 1.82) is 0 Å².